The molecule has 1 aliphatic rings. The van der Waals surface area contributed by atoms with Crippen LogP contribution in [0.1, 0.15) is 43.0 Å². The van der Waals surface area contributed by atoms with Crippen LogP contribution in [0.2, 0.25) is 0 Å². The molecular weight excluding hydrogens is 404 g/mol. The third-order valence-electron chi connectivity index (χ3n) is 5.40. The van der Waals surface area contributed by atoms with Crippen molar-refractivity contribution in [1.82, 2.24) is 10.3 Å². The van der Waals surface area contributed by atoms with Gasteiger partial charge in [-0.15, -0.1) is 11.8 Å². The lowest BCUT2D eigenvalue weighted by Gasteiger charge is -2.26. The zero-order chi connectivity index (χ0) is 20.7. The highest BCUT2D eigenvalue weighted by molar-refractivity contribution is 8.00. The van der Waals surface area contributed by atoms with Crippen LogP contribution < -0.4 is 5.32 Å². The number of nitrogens with one attached hydrogen (secondary N) is 1. The zero-order valence-corrected chi connectivity index (χ0v) is 18.3. The van der Waals surface area contributed by atoms with Crippen LogP contribution in [0.15, 0.2) is 58.6 Å². The van der Waals surface area contributed by atoms with Gasteiger partial charge in [-0.1, -0.05) is 38.0 Å². The summed E-state index contributed by atoms with van der Waals surface area (Å²) >= 11 is 1.31. The van der Waals surface area contributed by atoms with Crippen molar-refractivity contribution in [3.8, 4) is 0 Å². The van der Waals surface area contributed by atoms with E-state index in [2.05, 4.69) is 17.2 Å². The van der Waals surface area contributed by atoms with Crippen LogP contribution in [-0.2, 0) is 9.84 Å². The number of hydrogen-bond donors (Lipinski definition) is 1. The molecule has 0 bridgehead atoms. The molecule has 1 aromatic heterocycles. The van der Waals surface area contributed by atoms with Gasteiger partial charge in [-0.25, -0.2) is 13.4 Å². The second kappa shape index (κ2) is 10.3. The molecule has 1 fully saturated rings. The Morgan fingerprint density at radius 1 is 1.10 bits per heavy atom. The van der Waals surface area contributed by atoms with Crippen LogP contribution >= 0.6 is 11.8 Å². The molecule has 5 nitrogen and oxygen atoms in total. The number of pyridine rings is 1. The highest BCUT2D eigenvalue weighted by Gasteiger charge is 2.20. The van der Waals surface area contributed by atoms with Gasteiger partial charge in [0.2, 0.25) is 0 Å². The molecule has 0 unspecified atom stereocenters. The van der Waals surface area contributed by atoms with Crippen LogP contribution in [0.25, 0.3) is 0 Å². The van der Waals surface area contributed by atoms with E-state index in [9.17, 15) is 13.2 Å². The summed E-state index contributed by atoms with van der Waals surface area (Å²) in [6.45, 7) is 2.97. The Kier molecular flexibility index (Phi) is 7.72. The van der Waals surface area contributed by atoms with Crippen LogP contribution in [0.3, 0.4) is 0 Å². The third-order valence-corrected chi connectivity index (χ3v) is 8.39. The standard InChI is InChI=1S/C22H28N2O3S2/c1-17-9-11-18(12-10-17)16-24-21(25)20-8-5-13-23-22(20)28-14-15-29(26,27)19-6-3-2-4-7-19/h2-8,13,17-18H,9-12,14-16H2,1H3,(H,24,25). The zero-order valence-electron chi connectivity index (χ0n) is 16.7. The van der Waals surface area contributed by atoms with E-state index >= 15 is 0 Å². The van der Waals surface area contributed by atoms with Gasteiger partial charge in [-0.3, -0.25) is 4.79 Å². The molecule has 1 saturated carbocycles. The van der Waals surface area contributed by atoms with E-state index in [1.54, 1.807) is 48.7 Å². The molecule has 7 heteroatoms. The molecule has 1 aliphatic carbocycles. The molecule has 2 aromatic rings. The van der Waals surface area contributed by atoms with Gasteiger partial charge in [0.15, 0.2) is 9.84 Å². The summed E-state index contributed by atoms with van der Waals surface area (Å²) in [5, 5.41) is 3.62. The number of rotatable bonds is 8. The maximum absolute atomic E-state index is 12.7. The van der Waals surface area contributed by atoms with Gasteiger partial charge in [0.05, 0.1) is 16.2 Å². The van der Waals surface area contributed by atoms with Crippen LogP contribution in [0, 0.1) is 11.8 Å². The van der Waals surface area contributed by atoms with E-state index < -0.39 is 9.84 Å². The molecule has 1 N–H and O–H groups in total. The molecule has 1 aromatic carbocycles. The van der Waals surface area contributed by atoms with E-state index in [4.69, 9.17) is 0 Å². The molecule has 1 amide bonds. The van der Waals surface area contributed by atoms with E-state index in [-0.39, 0.29) is 11.7 Å². The molecule has 0 spiro atoms. The normalized spacial score (nSPS) is 19.6. The van der Waals surface area contributed by atoms with Gasteiger partial charge in [-0.05, 0) is 48.9 Å². The molecule has 0 aliphatic heterocycles. The fourth-order valence-corrected chi connectivity index (χ4v) is 6.20. The summed E-state index contributed by atoms with van der Waals surface area (Å²) in [4.78, 5) is 17.3. The van der Waals surface area contributed by atoms with Crippen molar-refractivity contribution in [1.29, 1.82) is 0 Å². The van der Waals surface area contributed by atoms with Gasteiger partial charge in [0.25, 0.3) is 5.91 Å². The minimum atomic E-state index is -3.34. The van der Waals surface area contributed by atoms with Crippen molar-refractivity contribution >= 4 is 27.5 Å². The Balaban J connectivity index is 1.55. The lowest BCUT2D eigenvalue weighted by molar-refractivity contribution is 0.0938. The summed E-state index contributed by atoms with van der Waals surface area (Å²) in [6.07, 6.45) is 6.41. The Labute approximate surface area is 177 Å². The van der Waals surface area contributed by atoms with E-state index in [0.29, 0.717) is 33.7 Å². The lowest BCUT2D eigenvalue weighted by atomic mass is 9.83. The maximum Gasteiger partial charge on any atom is 0.254 e. The number of carbonyl (C=O) groups is 1. The van der Waals surface area contributed by atoms with E-state index in [1.165, 1.54) is 24.6 Å². The predicted octanol–water partition coefficient (Wildman–Crippen LogP) is 4.20. The van der Waals surface area contributed by atoms with Gasteiger partial charge >= 0.3 is 0 Å². The maximum atomic E-state index is 12.7. The van der Waals surface area contributed by atoms with E-state index in [0.717, 1.165) is 18.8 Å². The summed E-state index contributed by atoms with van der Waals surface area (Å²) in [5.74, 6) is 1.54. The van der Waals surface area contributed by atoms with Crippen molar-refractivity contribution in [3.05, 3.63) is 54.2 Å². The van der Waals surface area contributed by atoms with Crippen LogP contribution in [0.4, 0.5) is 0 Å². The highest BCUT2D eigenvalue weighted by Crippen LogP contribution is 2.28. The first-order valence-electron chi connectivity index (χ1n) is 10.1. The molecule has 3 rings (SSSR count). The van der Waals surface area contributed by atoms with Gasteiger partial charge in [0.1, 0.15) is 5.03 Å². The van der Waals surface area contributed by atoms with E-state index in [1.807, 2.05) is 0 Å². The number of hydrogen-bond acceptors (Lipinski definition) is 5. The second-order valence-corrected chi connectivity index (χ2v) is 10.9. The minimum Gasteiger partial charge on any atom is -0.352 e. The molecule has 156 valence electrons. The SMILES string of the molecule is CC1CCC(CNC(=O)c2cccnc2SCCS(=O)(=O)c2ccccc2)CC1. The Bertz CT molecular complexity index is 909. The fraction of sp³-hybridized carbons (Fsp3) is 0.455. The highest BCUT2D eigenvalue weighted by atomic mass is 32.2. The summed E-state index contributed by atoms with van der Waals surface area (Å²) in [5.41, 5.74) is 0.513. The Morgan fingerprint density at radius 3 is 2.55 bits per heavy atom. The Hall–Kier alpha value is -1.86. The predicted molar refractivity (Wildman–Crippen MR) is 117 cm³/mol. The molecule has 1 heterocycles. The van der Waals surface area contributed by atoms with Gasteiger partial charge < -0.3 is 5.32 Å². The smallest absolute Gasteiger partial charge is 0.254 e. The fourth-order valence-electron chi connectivity index (χ4n) is 3.54. The first-order valence-corrected chi connectivity index (χ1v) is 12.7. The number of aromatic nitrogens is 1. The van der Waals surface area contributed by atoms with Crippen molar-refractivity contribution < 1.29 is 13.2 Å². The third kappa shape index (κ3) is 6.31. The molecule has 0 atom stereocenters. The van der Waals surface area contributed by atoms with Crippen LogP contribution in [-0.4, -0.2) is 37.4 Å². The molecule has 29 heavy (non-hydrogen) atoms. The number of amides is 1. The number of carbonyl (C=O) groups excluding carboxylic acids is 1. The summed E-state index contributed by atoms with van der Waals surface area (Å²) in [6, 6.07) is 11.9. The van der Waals surface area contributed by atoms with Crippen molar-refractivity contribution in [2.24, 2.45) is 11.8 Å². The Morgan fingerprint density at radius 2 is 1.83 bits per heavy atom. The molecule has 0 radical (unpaired) electrons. The van der Waals surface area contributed by atoms with Gasteiger partial charge in [0, 0.05) is 18.5 Å². The van der Waals surface area contributed by atoms with Crippen LogP contribution in [0.5, 0.6) is 0 Å². The summed E-state index contributed by atoms with van der Waals surface area (Å²) in [7, 11) is -3.34. The largest absolute Gasteiger partial charge is 0.352 e. The molecule has 0 saturated heterocycles. The first kappa shape index (κ1) is 21.8. The number of thioether (sulfide) groups is 1. The number of sulfone groups is 1. The number of nitrogens with zero attached hydrogens (tertiary/aromatic N) is 1. The quantitative estimate of drug-likeness (QED) is 0.633. The second-order valence-electron chi connectivity index (χ2n) is 7.67. The number of benzene rings is 1. The van der Waals surface area contributed by atoms with Crippen molar-refractivity contribution in [2.45, 2.75) is 42.5 Å². The van der Waals surface area contributed by atoms with Gasteiger partial charge in [-0.2, -0.15) is 0 Å². The monoisotopic (exact) mass is 432 g/mol. The topological polar surface area (TPSA) is 76.1 Å². The lowest BCUT2D eigenvalue weighted by Crippen LogP contribution is -2.31. The van der Waals surface area contributed by atoms with Crippen molar-refractivity contribution in [2.75, 3.05) is 18.1 Å². The average Bonchev–Trinajstić information content (AvgIpc) is 2.74. The summed E-state index contributed by atoms with van der Waals surface area (Å²) < 4.78 is 24.9. The first-order chi connectivity index (χ1) is 14.0. The molecular formula is C22H28N2O3S2. The minimum absolute atomic E-state index is 0.000425. The van der Waals surface area contributed by atoms with Crippen molar-refractivity contribution in [3.63, 3.8) is 0 Å². The average molecular weight is 433 g/mol.